The number of rotatable bonds is 4. The summed E-state index contributed by atoms with van der Waals surface area (Å²) in [4.78, 5) is 10.3. The zero-order valence-electron chi connectivity index (χ0n) is 7.33. The summed E-state index contributed by atoms with van der Waals surface area (Å²) in [6.07, 6.45) is 0. The Morgan fingerprint density at radius 1 is 1.43 bits per heavy atom. The number of nitrogens with zero attached hydrogens (tertiary/aromatic N) is 2. The smallest absolute Gasteiger partial charge is 0.312 e. The lowest BCUT2D eigenvalue weighted by atomic mass is 10.5. The van der Waals surface area contributed by atoms with Crippen molar-refractivity contribution in [2.75, 3.05) is 18.4 Å². The van der Waals surface area contributed by atoms with Gasteiger partial charge in [0.05, 0.1) is 0 Å². The molecule has 0 bridgehead atoms. The predicted octanol–water partition coefficient (Wildman–Crippen LogP) is 0.210. The third-order valence-corrected chi connectivity index (χ3v) is 1.56. The monoisotopic (exact) mass is 215 g/mol. The average molecular weight is 216 g/mol. The number of urea groups is 1. The number of halogens is 1. The lowest BCUT2D eigenvalue weighted by Gasteiger charge is -2.04. The minimum atomic E-state index is -0.547. The molecule has 0 fully saturated rings. The van der Waals surface area contributed by atoms with Crippen LogP contribution in [-0.2, 0) is 0 Å². The van der Waals surface area contributed by atoms with Crippen molar-refractivity contribution < 1.29 is 4.79 Å². The molecule has 0 saturated carbocycles. The first-order valence-electron chi connectivity index (χ1n) is 3.95. The summed E-state index contributed by atoms with van der Waals surface area (Å²) in [5.74, 6) is 0.598. The van der Waals surface area contributed by atoms with E-state index in [4.69, 9.17) is 17.3 Å². The van der Waals surface area contributed by atoms with Gasteiger partial charge in [0.2, 0.25) is 0 Å². The van der Waals surface area contributed by atoms with Crippen LogP contribution < -0.4 is 16.4 Å². The quantitative estimate of drug-likeness (QED) is 0.626. The molecule has 2 amide bonds. The van der Waals surface area contributed by atoms with Gasteiger partial charge in [0.1, 0.15) is 5.82 Å². The fourth-order valence-electron chi connectivity index (χ4n) is 0.787. The maximum Gasteiger partial charge on any atom is 0.312 e. The standard InChI is InChI=1S/C7H10ClN5O/c8-5-1-2-6(13-12-5)10-3-4-11-7(9)14/h1-2H,3-4H2,(H,10,13)(H3,9,11,14). The number of aromatic nitrogens is 2. The van der Waals surface area contributed by atoms with Crippen molar-refractivity contribution in [3.8, 4) is 0 Å². The minimum Gasteiger partial charge on any atom is -0.367 e. The van der Waals surface area contributed by atoms with Crippen LogP contribution in [0.4, 0.5) is 10.6 Å². The van der Waals surface area contributed by atoms with Crippen molar-refractivity contribution in [1.82, 2.24) is 15.5 Å². The van der Waals surface area contributed by atoms with Gasteiger partial charge in [-0.05, 0) is 12.1 Å². The van der Waals surface area contributed by atoms with Crippen LogP contribution in [-0.4, -0.2) is 29.3 Å². The van der Waals surface area contributed by atoms with E-state index in [-0.39, 0.29) is 0 Å². The zero-order chi connectivity index (χ0) is 10.4. The minimum absolute atomic E-state index is 0.339. The van der Waals surface area contributed by atoms with E-state index in [1.165, 1.54) is 0 Å². The van der Waals surface area contributed by atoms with Gasteiger partial charge in [-0.3, -0.25) is 0 Å². The normalized spacial score (nSPS) is 9.50. The first kappa shape index (κ1) is 10.5. The van der Waals surface area contributed by atoms with E-state index in [2.05, 4.69) is 20.8 Å². The molecule has 1 aromatic rings. The highest BCUT2D eigenvalue weighted by Crippen LogP contribution is 2.04. The van der Waals surface area contributed by atoms with Crippen molar-refractivity contribution in [3.05, 3.63) is 17.3 Å². The molecule has 1 heterocycles. The lowest BCUT2D eigenvalue weighted by Crippen LogP contribution is -2.33. The Bertz CT molecular complexity index is 301. The number of nitrogens with two attached hydrogens (primary N) is 1. The fraction of sp³-hybridized carbons (Fsp3) is 0.286. The molecule has 0 spiro atoms. The van der Waals surface area contributed by atoms with E-state index >= 15 is 0 Å². The van der Waals surface area contributed by atoms with E-state index < -0.39 is 6.03 Å². The fourth-order valence-corrected chi connectivity index (χ4v) is 0.887. The van der Waals surface area contributed by atoms with Crippen LogP contribution >= 0.6 is 11.6 Å². The number of amides is 2. The summed E-state index contributed by atoms with van der Waals surface area (Å²) >= 11 is 5.54. The first-order valence-corrected chi connectivity index (χ1v) is 4.32. The first-order chi connectivity index (χ1) is 6.68. The van der Waals surface area contributed by atoms with Gasteiger partial charge in [0.15, 0.2) is 5.15 Å². The molecular formula is C7H10ClN5O. The van der Waals surface area contributed by atoms with E-state index in [9.17, 15) is 4.79 Å². The average Bonchev–Trinajstić information content (AvgIpc) is 2.15. The lowest BCUT2D eigenvalue weighted by molar-refractivity contribution is 0.249. The Hall–Kier alpha value is -1.56. The molecule has 14 heavy (non-hydrogen) atoms. The summed E-state index contributed by atoms with van der Waals surface area (Å²) in [7, 11) is 0. The van der Waals surface area contributed by atoms with Crippen LogP contribution in [0, 0.1) is 0 Å². The Morgan fingerprint density at radius 3 is 2.79 bits per heavy atom. The highest BCUT2D eigenvalue weighted by atomic mass is 35.5. The number of hydrogen-bond acceptors (Lipinski definition) is 4. The molecule has 0 saturated heterocycles. The van der Waals surface area contributed by atoms with Crippen molar-refractivity contribution >= 4 is 23.4 Å². The summed E-state index contributed by atoms with van der Waals surface area (Å²) in [6, 6.07) is 2.77. The number of hydrogen-bond donors (Lipinski definition) is 3. The molecule has 1 rings (SSSR count). The summed E-state index contributed by atoms with van der Waals surface area (Å²) in [5, 5.41) is 13.1. The molecule has 0 radical (unpaired) electrons. The number of carbonyl (C=O) groups is 1. The SMILES string of the molecule is NC(=O)NCCNc1ccc(Cl)nn1. The molecule has 0 aliphatic carbocycles. The van der Waals surface area contributed by atoms with Crippen LogP contribution in [0.25, 0.3) is 0 Å². The van der Waals surface area contributed by atoms with Gasteiger partial charge in [-0.1, -0.05) is 11.6 Å². The second-order valence-corrected chi connectivity index (χ2v) is 2.85. The van der Waals surface area contributed by atoms with Gasteiger partial charge >= 0.3 is 6.03 Å². The Labute approximate surface area is 85.8 Å². The highest BCUT2D eigenvalue weighted by molar-refractivity contribution is 6.29. The highest BCUT2D eigenvalue weighted by Gasteiger charge is 1.95. The second kappa shape index (κ2) is 5.23. The molecule has 0 aliphatic rings. The van der Waals surface area contributed by atoms with Gasteiger partial charge in [0, 0.05) is 13.1 Å². The van der Waals surface area contributed by atoms with Gasteiger partial charge in [-0.15, -0.1) is 10.2 Å². The number of carbonyl (C=O) groups excluding carboxylic acids is 1. The van der Waals surface area contributed by atoms with Crippen LogP contribution in [0.2, 0.25) is 5.15 Å². The molecule has 0 unspecified atom stereocenters. The van der Waals surface area contributed by atoms with E-state index in [0.717, 1.165) is 0 Å². The molecule has 0 aliphatic heterocycles. The molecule has 1 aromatic heterocycles. The largest absolute Gasteiger partial charge is 0.367 e. The maximum atomic E-state index is 10.3. The molecular weight excluding hydrogens is 206 g/mol. The number of nitrogens with one attached hydrogen (secondary N) is 2. The molecule has 7 heteroatoms. The summed E-state index contributed by atoms with van der Waals surface area (Å²) in [6.45, 7) is 0.957. The summed E-state index contributed by atoms with van der Waals surface area (Å²) < 4.78 is 0. The van der Waals surface area contributed by atoms with Gasteiger partial charge in [-0.25, -0.2) is 4.79 Å². The van der Waals surface area contributed by atoms with E-state index in [1.807, 2.05) is 0 Å². The molecule has 4 N–H and O–H groups in total. The molecule has 0 atom stereocenters. The second-order valence-electron chi connectivity index (χ2n) is 2.46. The topological polar surface area (TPSA) is 92.9 Å². The van der Waals surface area contributed by atoms with E-state index in [1.54, 1.807) is 12.1 Å². The zero-order valence-corrected chi connectivity index (χ0v) is 8.08. The summed E-state index contributed by atoms with van der Waals surface area (Å²) in [5.41, 5.74) is 4.87. The van der Waals surface area contributed by atoms with Gasteiger partial charge in [0.25, 0.3) is 0 Å². The van der Waals surface area contributed by atoms with Crippen molar-refractivity contribution in [1.29, 1.82) is 0 Å². The predicted molar refractivity (Wildman–Crippen MR) is 53.1 cm³/mol. The Balaban J connectivity index is 2.25. The molecule has 6 nitrogen and oxygen atoms in total. The molecule has 0 aromatic carbocycles. The third-order valence-electron chi connectivity index (χ3n) is 1.36. The van der Waals surface area contributed by atoms with Crippen LogP contribution in [0.15, 0.2) is 12.1 Å². The van der Waals surface area contributed by atoms with Crippen LogP contribution in [0.5, 0.6) is 0 Å². The van der Waals surface area contributed by atoms with Crippen molar-refractivity contribution in [3.63, 3.8) is 0 Å². The Kier molecular flexibility index (Phi) is 3.93. The van der Waals surface area contributed by atoms with Crippen molar-refractivity contribution in [2.24, 2.45) is 5.73 Å². The van der Waals surface area contributed by atoms with Crippen molar-refractivity contribution in [2.45, 2.75) is 0 Å². The van der Waals surface area contributed by atoms with Crippen LogP contribution in [0.3, 0.4) is 0 Å². The van der Waals surface area contributed by atoms with Gasteiger partial charge in [-0.2, -0.15) is 0 Å². The van der Waals surface area contributed by atoms with Gasteiger partial charge < -0.3 is 16.4 Å². The Morgan fingerprint density at radius 2 is 2.21 bits per heavy atom. The number of primary amides is 1. The van der Waals surface area contributed by atoms with Crippen LogP contribution in [0.1, 0.15) is 0 Å². The molecule has 76 valence electrons. The third kappa shape index (κ3) is 3.90. The van der Waals surface area contributed by atoms with E-state index in [0.29, 0.717) is 24.1 Å². The maximum absolute atomic E-state index is 10.3. The number of anilines is 1.